The van der Waals surface area contributed by atoms with Crippen molar-refractivity contribution in [2.24, 2.45) is 0 Å². The fourth-order valence-electron chi connectivity index (χ4n) is 4.26. The lowest BCUT2D eigenvalue weighted by Crippen LogP contribution is -2.37. The number of urea groups is 1. The van der Waals surface area contributed by atoms with Crippen molar-refractivity contribution in [3.8, 4) is 5.69 Å². The van der Waals surface area contributed by atoms with Gasteiger partial charge in [-0.2, -0.15) is 0 Å². The highest BCUT2D eigenvalue weighted by molar-refractivity contribution is 5.90. The number of rotatable bonds is 2. The molecule has 31 heavy (non-hydrogen) atoms. The number of aromatic nitrogens is 1. The van der Waals surface area contributed by atoms with Gasteiger partial charge in [0, 0.05) is 17.6 Å². The summed E-state index contributed by atoms with van der Waals surface area (Å²) in [5.74, 6) is -0.336. The zero-order valence-corrected chi connectivity index (χ0v) is 17.1. The highest BCUT2D eigenvalue weighted by Gasteiger charge is 2.33. The lowest BCUT2D eigenvalue weighted by Gasteiger charge is -2.31. The lowest BCUT2D eigenvalue weighted by molar-refractivity contribution is 0.194. The highest BCUT2D eigenvalue weighted by atomic mass is 19.1. The maximum Gasteiger partial charge on any atom is 0.322 e. The molecule has 0 saturated carbocycles. The van der Waals surface area contributed by atoms with Crippen molar-refractivity contribution in [3.63, 3.8) is 0 Å². The largest absolute Gasteiger partial charge is 0.322 e. The van der Waals surface area contributed by atoms with Crippen LogP contribution in [0, 0.1) is 12.7 Å². The molecule has 0 aliphatic carbocycles. The van der Waals surface area contributed by atoms with E-state index in [-0.39, 0.29) is 17.9 Å². The standard InChI is InChI=1S/C26H22FN3O/c1-18-6-4-8-19(16-18)25-24-10-5-15-29(24)23-9-3-2-7-20(23)17-30(25)26(31)28-22-13-11-21(27)12-14-22/h2-16,25H,17H2,1H3,(H,28,31). The fraction of sp³-hybridized carbons (Fsp3) is 0.115. The van der Waals surface area contributed by atoms with Crippen molar-refractivity contribution in [2.45, 2.75) is 19.5 Å². The third-order valence-electron chi connectivity index (χ3n) is 5.68. The predicted molar refractivity (Wildman–Crippen MR) is 120 cm³/mol. The maximum absolute atomic E-state index is 13.5. The second kappa shape index (κ2) is 7.76. The summed E-state index contributed by atoms with van der Waals surface area (Å²) >= 11 is 0. The molecule has 3 aromatic carbocycles. The molecule has 0 saturated heterocycles. The molecule has 5 rings (SSSR count). The van der Waals surface area contributed by atoms with Gasteiger partial charge in [0.15, 0.2) is 0 Å². The number of nitrogens with zero attached hydrogens (tertiary/aromatic N) is 2. The van der Waals surface area contributed by atoms with Gasteiger partial charge in [-0.25, -0.2) is 9.18 Å². The van der Waals surface area contributed by atoms with Crippen LogP contribution in [0.5, 0.6) is 0 Å². The highest BCUT2D eigenvalue weighted by Crippen LogP contribution is 2.37. The molecule has 0 radical (unpaired) electrons. The number of hydrogen-bond donors (Lipinski definition) is 1. The number of fused-ring (bicyclic) bond motifs is 3. The molecule has 1 aliphatic rings. The molecular formula is C26H22FN3O. The Labute approximate surface area is 180 Å². The minimum Gasteiger partial charge on any atom is -0.318 e. The molecule has 2 amide bonds. The molecular weight excluding hydrogens is 389 g/mol. The van der Waals surface area contributed by atoms with Crippen molar-refractivity contribution < 1.29 is 9.18 Å². The molecule has 154 valence electrons. The summed E-state index contributed by atoms with van der Waals surface area (Å²) in [6, 6.07) is 25.8. The molecule has 1 aromatic heterocycles. The van der Waals surface area contributed by atoms with Crippen LogP contribution < -0.4 is 5.32 Å². The number of nitrogens with one attached hydrogen (secondary N) is 1. The summed E-state index contributed by atoms with van der Waals surface area (Å²) < 4.78 is 15.5. The molecule has 0 bridgehead atoms. The monoisotopic (exact) mass is 411 g/mol. The van der Waals surface area contributed by atoms with Gasteiger partial charge in [0.05, 0.1) is 18.3 Å². The van der Waals surface area contributed by atoms with Crippen LogP contribution >= 0.6 is 0 Å². The molecule has 1 aliphatic heterocycles. The molecule has 0 fully saturated rings. The van der Waals surface area contributed by atoms with E-state index in [9.17, 15) is 9.18 Å². The van der Waals surface area contributed by atoms with Crippen molar-refractivity contribution in [1.29, 1.82) is 0 Å². The number of para-hydroxylation sites is 1. The fourth-order valence-corrected chi connectivity index (χ4v) is 4.26. The minimum absolute atomic E-state index is 0.234. The quantitative estimate of drug-likeness (QED) is 0.428. The first-order valence-electron chi connectivity index (χ1n) is 10.3. The van der Waals surface area contributed by atoms with Crippen LogP contribution in [-0.2, 0) is 6.54 Å². The summed E-state index contributed by atoms with van der Waals surface area (Å²) in [5.41, 5.74) is 5.88. The van der Waals surface area contributed by atoms with Crippen molar-refractivity contribution >= 4 is 11.7 Å². The van der Waals surface area contributed by atoms with Crippen LogP contribution in [-0.4, -0.2) is 15.5 Å². The smallest absolute Gasteiger partial charge is 0.318 e. The van der Waals surface area contributed by atoms with E-state index in [0.717, 1.165) is 28.1 Å². The lowest BCUT2D eigenvalue weighted by atomic mass is 10.00. The molecule has 0 spiro atoms. The van der Waals surface area contributed by atoms with Crippen LogP contribution in [0.25, 0.3) is 5.69 Å². The molecule has 1 N–H and O–H groups in total. The Bertz CT molecular complexity index is 1250. The molecule has 4 nitrogen and oxygen atoms in total. The van der Waals surface area contributed by atoms with Crippen LogP contribution in [0.2, 0.25) is 0 Å². The van der Waals surface area contributed by atoms with E-state index in [1.807, 2.05) is 35.4 Å². The van der Waals surface area contributed by atoms with Crippen LogP contribution in [0.1, 0.15) is 28.4 Å². The first-order chi connectivity index (χ1) is 15.1. The number of carbonyl (C=O) groups excluding carboxylic acids is 1. The Morgan fingerprint density at radius 1 is 0.968 bits per heavy atom. The Balaban J connectivity index is 1.63. The summed E-state index contributed by atoms with van der Waals surface area (Å²) in [4.78, 5) is 15.4. The van der Waals surface area contributed by atoms with Gasteiger partial charge in [0.1, 0.15) is 5.82 Å². The van der Waals surface area contributed by atoms with E-state index in [4.69, 9.17) is 0 Å². The van der Waals surface area contributed by atoms with E-state index < -0.39 is 0 Å². The first-order valence-corrected chi connectivity index (χ1v) is 10.3. The molecule has 5 heteroatoms. The van der Waals surface area contributed by atoms with Gasteiger partial charge in [-0.1, -0.05) is 48.0 Å². The van der Waals surface area contributed by atoms with Gasteiger partial charge < -0.3 is 14.8 Å². The number of amides is 2. The third-order valence-corrected chi connectivity index (χ3v) is 5.68. The second-order valence-corrected chi connectivity index (χ2v) is 7.81. The van der Waals surface area contributed by atoms with Crippen molar-refractivity contribution in [3.05, 3.63) is 119 Å². The first kappa shape index (κ1) is 19.1. The molecule has 4 aromatic rings. The number of hydrogen-bond acceptors (Lipinski definition) is 1. The SMILES string of the molecule is Cc1cccc(C2c3cccn3-c3ccccc3CN2C(=O)Nc2ccc(F)cc2)c1. The minimum atomic E-state index is -0.336. The number of aryl methyl sites for hydroxylation is 1. The Hall–Kier alpha value is -3.86. The summed E-state index contributed by atoms with van der Waals surface area (Å²) in [7, 11) is 0. The Morgan fingerprint density at radius 2 is 1.77 bits per heavy atom. The van der Waals surface area contributed by atoms with E-state index in [2.05, 4.69) is 53.2 Å². The van der Waals surface area contributed by atoms with Crippen LogP contribution in [0.3, 0.4) is 0 Å². The average molecular weight is 411 g/mol. The summed E-state index contributed by atoms with van der Waals surface area (Å²) in [5, 5.41) is 2.95. The van der Waals surface area contributed by atoms with Gasteiger partial charge in [-0.05, 0) is 60.5 Å². The van der Waals surface area contributed by atoms with Gasteiger partial charge in [-0.3, -0.25) is 0 Å². The molecule has 2 heterocycles. The van der Waals surface area contributed by atoms with Gasteiger partial charge in [-0.15, -0.1) is 0 Å². The van der Waals surface area contributed by atoms with Gasteiger partial charge in [0.2, 0.25) is 0 Å². The van der Waals surface area contributed by atoms with Gasteiger partial charge in [0.25, 0.3) is 0 Å². The average Bonchev–Trinajstić information content (AvgIpc) is 3.19. The Kier molecular flexibility index (Phi) is 4.79. The van der Waals surface area contributed by atoms with E-state index in [1.54, 1.807) is 12.1 Å². The zero-order chi connectivity index (χ0) is 21.4. The van der Waals surface area contributed by atoms with E-state index in [0.29, 0.717) is 12.2 Å². The van der Waals surface area contributed by atoms with Crippen molar-refractivity contribution in [1.82, 2.24) is 9.47 Å². The number of anilines is 1. The van der Waals surface area contributed by atoms with E-state index in [1.165, 1.54) is 12.1 Å². The Morgan fingerprint density at radius 3 is 2.58 bits per heavy atom. The number of halogens is 1. The van der Waals surface area contributed by atoms with Gasteiger partial charge >= 0.3 is 6.03 Å². The van der Waals surface area contributed by atoms with E-state index >= 15 is 0 Å². The topological polar surface area (TPSA) is 37.3 Å². The summed E-state index contributed by atoms with van der Waals surface area (Å²) in [6.07, 6.45) is 2.04. The number of carbonyl (C=O) groups is 1. The molecule has 1 atom stereocenters. The predicted octanol–water partition coefficient (Wildman–Crippen LogP) is 6.06. The summed E-state index contributed by atoms with van der Waals surface area (Å²) in [6.45, 7) is 2.50. The zero-order valence-electron chi connectivity index (χ0n) is 17.1. The molecule has 1 unspecified atom stereocenters. The maximum atomic E-state index is 13.5. The third kappa shape index (κ3) is 3.59. The van der Waals surface area contributed by atoms with Crippen molar-refractivity contribution in [2.75, 3.05) is 5.32 Å². The van der Waals surface area contributed by atoms with Crippen LogP contribution in [0.4, 0.5) is 14.9 Å². The second-order valence-electron chi connectivity index (χ2n) is 7.81. The number of benzene rings is 3. The normalized spacial score (nSPS) is 15.0. The van der Waals surface area contributed by atoms with Crippen LogP contribution in [0.15, 0.2) is 91.1 Å².